The van der Waals surface area contributed by atoms with Crippen molar-refractivity contribution in [1.82, 2.24) is 4.98 Å². The predicted molar refractivity (Wildman–Crippen MR) is 97.7 cm³/mol. The van der Waals surface area contributed by atoms with E-state index in [-0.39, 0.29) is 11.7 Å². The zero-order valence-corrected chi connectivity index (χ0v) is 13.3. The fourth-order valence-corrected chi connectivity index (χ4v) is 2.29. The second kappa shape index (κ2) is 7.31. The van der Waals surface area contributed by atoms with Gasteiger partial charge in [-0.05, 0) is 31.0 Å². The van der Waals surface area contributed by atoms with Gasteiger partial charge in [-0.15, -0.1) is 0 Å². The third kappa shape index (κ3) is 3.84. The van der Waals surface area contributed by atoms with Crippen molar-refractivity contribution in [3.63, 3.8) is 0 Å². The van der Waals surface area contributed by atoms with Crippen LogP contribution in [0.3, 0.4) is 0 Å². The van der Waals surface area contributed by atoms with Gasteiger partial charge in [0.2, 0.25) is 0 Å². The van der Waals surface area contributed by atoms with Crippen molar-refractivity contribution in [2.75, 3.05) is 5.32 Å². The van der Waals surface area contributed by atoms with Gasteiger partial charge in [0.05, 0.1) is 11.9 Å². The Labute approximate surface area is 145 Å². The summed E-state index contributed by atoms with van der Waals surface area (Å²) in [6.07, 6.45) is 1.51. The summed E-state index contributed by atoms with van der Waals surface area (Å²) in [6, 6.07) is 18.9. The Morgan fingerprint density at radius 2 is 1.48 bits per heavy atom. The lowest BCUT2D eigenvalue weighted by Gasteiger charge is -2.06. The number of rotatable bonds is 5. The minimum atomic E-state index is -0.278. The second-order valence-corrected chi connectivity index (χ2v) is 5.29. The molecule has 1 amide bonds. The van der Waals surface area contributed by atoms with Crippen molar-refractivity contribution < 1.29 is 9.59 Å². The number of aliphatic imine (C=N–C) groups is 1. The van der Waals surface area contributed by atoms with Gasteiger partial charge in [0.25, 0.3) is 5.91 Å². The van der Waals surface area contributed by atoms with E-state index in [1.54, 1.807) is 48.5 Å². The maximum atomic E-state index is 12.4. The van der Waals surface area contributed by atoms with Gasteiger partial charge in [-0.1, -0.05) is 42.5 Å². The van der Waals surface area contributed by atoms with Gasteiger partial charge in [0.15, 0.2) is 11.6 Å². The number of pyridine rings is 1. The average Bonchev–Trinajstić information content (AvgIpc) is 2.69. The van der Waals surface area contributed by atoms with E-state index < -0.39 is 0 Å². The summed E-state index contributed by atoms with van der Waals surface area (Å²) < 4.78 is 0. The molecule has 0 unspecified atom stereocenters. The molecule has 0 saturated heterocycles. The standard InChI is InChI=1S/C20H15N3O2/c1-21-18-12-11-17(13-22-18)23-20(25)16-9-7-15(8-10-16)19(24)14-5-3-2-4-6-14/h2-13H,1H2,(H,23,25). The van der Waals surface area contributed by atoms with Crippen LogP contribution in [0.15, 0.2) is 77.9 Å². The zero-order chi connectivity index (χ0) is 17.6. The number of nitrogens with one attached hydrogen (secondary N) is 1. The summed E-state index contributed by atoms with van der Waals surface area (Å²) >= 11 is 0. The largest absolute Gasteiger partial charge is 0.321 e. The van der Waals surface area contributed by atoms with Crippen LogP contribution in [-0.4, -0.2) is 23.4 Å². The van der Waals surface area contributed by atoms with E-state index in [9.17, 15) is 9.59 Å². The molecule has 0 fully saturated rings. The Balaban J connectivity index is 1.72. The maximum absolute atomic E-state index is 12.4. The zero-order valence-electron chi connectivity index (χ0n) is 13.3. The van der Waals surface area contributed by atoms with Crippen LogP contribution in [0.4, 0.5) is 11.5 Å². The molecular weight excluding hydrogens is 314 g/mol. The van der Waals surface area contributed by atoms with E-state index in [1.807, 2.05) is 18.2 Å². The summed E-state index contributed by atoms with van der Waals surface area (Å²) in [5, 5.41) is 2.74. The van der Waals surface area contributed by atoms with Crippen LogP contribution in [0.1, 0.15) is 26.3 Å². The molecule has 3 rings (SSSR count). The molecule has 2 aromatic carbocycles. The minimum Gasteiger partial charge on any atom is -0.321 e. The van der Waals surface area contributed by atoms with E-state index in [0.29, 0.717) is 28.2 Å². The Bertz CT molecular complexity index is 902. The van der Waals surface area contributed by atoms with Crippen molar-refractivity contribution in [1.29, 1.82) is 0 Å². The van der Waals surface area contributed by atoms with Crippen LogP contribution in [0.5, 0.6) is 0 Å². The first-order valence-electron chi connectivity index (χ1n) is 7.61. The number of carbonyl (C=O) groups is 2. The van der Waals surface area contributed by atoms with Crippen molar-refractivity contribution in [2.24, 2.45) is 4.99 Å². The Hall–Kier alpha value is -3.60. The van der Waals surface area contributed by atoms with Gasteiger partial charge >= 0.3 is 0 Å². The van der Waals surface area contributed by atoms with Crippen molar-refractivity contribution >= 4 is 29.9 Å². The van der Waals surface area contributed by atoms with Gasteiger partial charge in [-0.3, -0.25) is 9.59 Å². The van der Waals surface area contributed by atoms with Crippen LogP contribution < -0.4 is 5.32 Å². The molecule has 0 spiro atoms. The lowest BCUT2D eigenvalue weighted by Crippen LogP contribution is -2.12. The first kappa shape index (κ1) is 16.3. The summed E-state index contributed by atoms with van der Waals surface area (Å²) in [6.45, 7) is 3.39. The van der Waals surface area contributed by atoms with Crippen LogP contribution in [0, 0.1) is 0 Å². The highest BCUT2D eigenvalue weighted by Gasteiger charge is 2.11. The quantitative estimate of drug-likeness (QED) is 0.570. The molecule has 3 aromatic rings. The molecule has 25 heavy (non-hydrogen) atoms. The maximum Gasteiger partial charge on any atom is 0.255 e. The van der Waals surface area contributed by atoms with Gasteiger partial charge in [-0.25, -0.2) is 9.98 Å². The molecule has 0 aliphatic rings. The van der Waals surface area contributed by atoms with E-state index in [1.165, 1.54) is 6.20 Å². The molecule has 0 bridgehead atoms. The fraction of sp³-hybridized carbons (Fsp3) is 0. The number of aromatic nitrogens is 1. The molecule has 1 heterocycles. The van der Waals surface area contributed by atoms with E-state index >= 15 is 0 Å². The van der Waals surface area contributed by atoms with Gasteiger partial charge in [0, 0.05) is 16.7 Å². The highest BCUT2D eigenvalue weighted by atomic mass is 16.1. The van der Waals surface area contributed by atoms with Crippen LogP contribution in [0.25, 0.3) is 0 Å². The number of hydrogen-bond acceptors (Lipinski definition) is 4. The Kier molecular flexibility index (Phi) is 4.76. The SMILES string of the molecule is C=Nc1ccc(NC(=O)c2ccc(C(=O)c3ccccc3)cc2)cn1. The van der Waals surface area contributed by atoms with Crippen molar-refractivity contribution in [2.45, 2.75) is 0 Å². The molecule has 5 nitrogen and oxygen atoms in total. The van der Waals surface area contributed by atoms with Gasteiger partial charge in [-0.2, -0.15) is 0 Å². The predicted octanol–water partition coefficient (Wildman–Crippen LogP) is 3.90. The molecule has 5 heteroatoms. The first-order chi connectivity index (χ1) is 12.2. The van der Waals surface area contributed by atoms with E-state index in [2.05, 4.69) is 22.0 Å². The number of amides is 1. The molecule has 0 aliphatic heterocycles. The molecule has 1 aromatic heterocycles. The van der Waals surface area contributed by atoms with E-state index in [0.717, 1.165) is 0 Å². The van der Waals surface area contributed by atoms with Crippen molar-refractivity contribution in [3.05, 3.63) is 89.6 Å². The molecular formula is C20H15N3O2. The monoisotopic (exact) mass is 329 g/mol. The van der Waals surface area contributed by atoms with Gasteiger partial charge < -0.3 is 5.32 Å². The molecule has 122 valence electrons. The number of benzene rings is 2. The highest BCUT2D eigenvalue weighted by Crippen LogP contribution is 2.14. The topological polar surface area (TPSA) is 71.4 Å². The molecule has 0 radical (unpaired) electrons. The second-order valence-electron chi connectivity index (χ2n) is 5.29. The fourth-order valence-electron chi connectivity index (χ4n) is 2.29. The Morgan fingerprint density at radius 3 is 2.08 bits per heavy atom. The summed E-state index contributed by atoms with van der Waals surface area (Å²) in [5.41, 5.74) is 2.16. The number of nitrogens with zero attached hydrogens (tertiary/aromatic N) is 2. The lowest BCUT2D eigenvalue weighted by molar-refractivity contribution is 0.102. The normalized spacial score (nSPS) is 10.1. The van der Waals surface area contributed by atoms with Crippen LogP contribution in [0.2, 0.25) is 0 Å². The van der Waals surface area contributed by atoms with Crippen LogP contribution in [-0.2, 0) is 0 Å². The van der Waals surface area contributed by atoms with E-state index in [4.69, 9.17) is 0 Å². The molecule has 0 atom stereocenters. The highest BCUT2D eigenvalue weighted by molar-refractivity contribution is 6.10. The lowest BCUT2D eigenvalue weighted by atomic mass is 10.0. The average molecular weight is 329 g/mol. The summed E-state index contributed by atoms with van der Waals surface area (Å²) in [5.74, 6) is 0.130. The minimum absolute atomic E-state index is 0.0794. The van der Waals surface area contributed by atoms with Crippen molar-refractivity contribution in [3.8, 4) is 0 Å². The van der Waals surface area contributed by atoms with Gasteiger partial charge in [0.1, 0.15) is 0 Å². The smallest absolute Gasteiger partial charge is 0.255 e. The number of ketones is 1. The molecule has 0 aliphatic carbocycles. The molecule has 0 saturated carbocycles. The summed E-state index contributed by atoms with van der Waals surface area (Å²) in [7, 11) is 0. The molecule has 1 N–H and O–H groups in total. The third-order valence-corrected chi connectivity index (χ3v) is 3.61. The Morgan fingerprint density at radius 1 is 0.840 bits per heavy atom. The number of hydrogen-bond donors (Lipinski definition) is 1. The number of anilines is 1. The number of carbonyl (C=O) groups excluding carboxylic acids is 2. The first-order valence-corrected chi connectivity index (χ1v) is 7.61. The van der Waals surface area contributed by atoms with Crippen LogP contribution >= 0.6 is 0 Å². The summed E-state index contributed by atoms with van der Waals surface area (Å²) in [4.78, 5) is 32.3. The third-order valence-electron chi connectivity index (χ3n) is 3.61.